The van der Waals surface area contributed by atoms with Gasteiger partial charge in [0.15, 0.2) is 5.69 Å². The summed E-state index contributed by atoms with van der Waals surface area (Å²) >= 11 is 3.48. The maximum atomic E-state index is 12.5. The number of halogens is 1. The Labute approximate surface area is 131 Å². The van der Waals surface area contributed by atoms with Gasteiger partial charge in [-0.3, -0.25) is 9.89 Å². The molecule has 0 spiro atoms. The van der Waals surface area contributed by atoms with Gasteiger partial charge >= 0.3 is 0 Å². The smallest absolute Gasteiger partial charge is 0.275 e. The third kappa shape index (κ3) is 2.95. The summed E-state index contributed by atoms with van der Waals surface area (Å²) in [6.07, 6.45) is 2.30. The number of phenols is 1. The van der Waals surface area contributed by atoms with Crippen LogP contribution in [0.2, 0.25) is 0 Å². The molecule has 1 aliphatic carbocycles. The number of rotatable bonds is 4. The van der Waals surface area contributed by atoms with E-state index in [0.29, 0.717) is 18.2 Å². The lowest BCUT2D eigenvalue weighted by Gasteiger charge is -2.16. The molecule has 0 aliphatic heterocycles. The Morgan fingerprint density at radius 1 is 1.43 bits per heavy atom. The van der Waals surface area contributed by atoms with E-state index in [1.54, 1.807) is 36.2 Å². The van der Waals surface area contributed by atoms with Gasteiger partial charge in [0.2, 0.25) is 0 Å². The van der Waals surface area contributed by atoms with Crippen molar-refractivity contribution >= 4 is 21.8 Å². The molecule has 2 N–H and O–H groups in total. The highest BCUT2D eigenvalue weighted by atomic mass is 79.9. The van der Waals surface area contributed by atoms with E-state index in [-0.39, 0.29) is 11.7 Å². The fourth-order valence-corrected chi connectivity index (χ4v) is 2.92. The van der Waals surface area contributed by atoms with Crippen LogP contribution in [0.15, 0.2) is 28.7 Å². The van der Waals surface area contributed by atoms with Crippen molar-refractivity contribution in [1.29, 1.82) is 0 Å². The van der Waals surface area contributed by atoms with Crippen molar-refractivity contribution in [3.05, 3.63) is 45.7 Å². The molecule has 0 bridgehead atoms. The summed E-state index contributed by atoms with van der Waals surface area (Å²) in [7, 11) is 1.74. The number of benzene rings is 1. The van der Waals surface area contributed by atoms with Crippen molar-refractivity contribution in [2.75, 3.05) is 7.05 Å². The first kappa shape index (κ1) is 14.1. The lowest BCUT2D eigenvalue weighted by atomic mass is 10.2. The molecule has 0 atom stereocenters. The van der Waals surface area contributed by atoms with E-state index in [4.69, 9.17) is 0 Å². The highest BCUT2D eigenvalue weighted by Gasteiger charge is 2.31. The van der Waals surface area contributed by atoms with E-state index < -0.39 is 0 Å². The molecule has 1 heterocycles. The van der Waals surface area contributed by atoms with E-state index in [1.807, 2.05) is 0 Å². The van der Waals surface area contributed by atoms with Gasteiger partial charge in [0, 0.05) is 19.5 Å². The fourth-order valence-electron chi connectivity index (χ4n) is 2.25. The Morgan fingerprint density at radius 3 is 2.71 bits per heavy atom. The predicted octanol–water partition coefficient (Wildman–Crippen LogP) is 3.03. The molecule has 21 heavy (non-hydrogen) atoms. The Hall–Kier alpha value is -1.82. The molecule has 3 rings (SSSR count). The number of aromatic hydroxyl groups is 1. The molecule has 0 saturated heterocycles. The lowest BCUT2D eigenvalue weighted by molar-refractivity contribution is 0.0778. The van der Waals surface area contributed by atoms with Crippen LogP contribution in [0.1, 0.15) is 40.5 Å². The van der Waals surface area contributed by atoms with Crippen LogP contribution in [0.5, 0.6) is 5.75 Å². The normalized spacial score (nSPS) is 14.2. The van der Waals surface area contributed by atoms with Gasteiger partial charge in [0.25, 0.3) is 5.91 Å². The highest BCUT2D eigenvalue weighted by molar-refractivity contribution is 9.10. The van der Waals surface area contributed by atoms with Gasteiger partial charge in [-0.25, -0.2) is 0 Å². The Kier molecular flexibility index (Phi) is 3.71. The van der Waals surface area contributed by atoms with Crippen molar-refractivity contribution in [3.63, 3.8) is 0 Å². The predicted molar refractivity (Wildman–Crippen MR) is 82.2 cm³/mol. The third-order valence-corrected chi connectivity index (χ3v) is 4.43. The summed E-state index contributed by atoms with van der Waals surface area (Å²) in [6.45, 7) is 0.469. The minimum absolute atomic E-state index is 0.127. The average molecular weight is 350 g/mol. The quantitative estimate of drug-likeness (QED) is 0.891. The minimum atomic E-state index is -0.127. The van der Waals surface area contributed by atoms with Crippen LogP contribution in [0, 0.1) is 0 Å². The van der Waals surface area contributed by atoms with Gasteiger partial charge in [-0.05, 0) is 46.5 Å². The first-order valence-electron chi connectivity index (χ1n) is 6.83. The molecule has 1 aliphatic rings. The second kappa shape index (κ2) is 5.52. The number of carbonyl (C=O) groups is 1. The molecule has 110 valence electrons. The first-order chi connectivity index (χ1) is 10.1. The van der Waals surface area contributed by atoms with Gasteiger partial charge in [-0.15, -0.1) is 0 Å². The summed E-state index contributed by atoms with van der Waals surface area (Å²) < 4.78 is 0.785. The number of amides is 1. The van der Waals surface area contributed by atoms with Crippen LogP contribution < -0.4 is 0 Å². The van der Waals surface area contributed by atoms with Crippen molar-refractivity contribution in [3.8, 4) is 5.75 Å². The molecule has 6 heteroatoms. The number of carbonyl (C=O) groups excluding carboxylic acids is 1. The largest absolute Gasteiger partial charge is 0.508 e. The molecule has 2 aromatic rings. The maximum absolute atomic E-state index is 12.5. The molecular formula is C15H16BrN3O2. The molecule has 1 aromatic carbocycles. The van der Waals surface area contributed by atoms with Crippen molar-refractivity contribution < 1.29 is 9.90 Å². The van der Waals surface area contributed by atoms with E-state index in [1.165, 1.54) is 0 Å². The number of hydrogen-bond acceptors (Lipinski definition) is 3. The molecule has 5 nitrogen and oxygen atoms in total. The average Bonchev–Trinajstić information content (AvgIpc) is 3.24. The Bertz CT molecular complexity index is 662. The molecule has 0 unspecified atom stereocenters. The van der Waals surface area contributed by atoms with Gasteiger partial charge in [0.05, 0.1) is 10.2 Å². The van der Waals surface area contributed by atoms with Crippen molar-refractivity contribution in [2.24, 2.45) is 0 Å². The topological polar surface area (TPSA) is 69.2 Å². The monoisotopic (exact) mass is 349 g/mol. The van der Waals surface area contributed by atoms with E-state index in [0.717, 1.165) is 28.6 Å². The molecule has 1 aromatic heterocycles. The molecule has 1 amide bonds. The first-order valence-corrected chi connectivity index (χ1v) is 7.62. The Morgan fingerprint density at radius 2 is 2.10 bits per heavy atom. The highest BCUT2D eigenvalue weighted by Crippen LogP contribution is 2.43. The van der Waals surface area contributed by atoms with E-state index in [2.05, 4.69) is 26.1 Å². The summed E-state index contributed by atoms with van der Waals surface area (Å²) in [6, 6.07) is 6.83. The fraction of sp³-hybridized carbons (Fsp3) is 0.333. The SMILES string of the molecule is CN(Cc1ccc(O)cc1)C(=O)c1n[nH]c(C2CC2)c1Br. The van der Waals surface area contributed by atoms with Crippen LogP contribution in [0.4, 0.5) is 0 Å². The lowest BCUT2D eigenvalue weighted by Crippen LogP contribution is -2.26. The molecule has 0 radical (unpaired) electrons. The zero-order valence-electron chi connectivity index (χ0n) is 11.6. The number of nitrogens with one attached hydrogen (secondary N) is 1. The molecule has 1 saturated carbocycles. The second-order valence-electron chi connectivity index (χ2n) is 5.40. The number of phenolic OH excluding ortho intramolecular Hbond substituents is 1. The number of aromatic amines is 1. The number of H-pyrrole nitrogens is 1. The zero-order chi connectivity index (χ0) is 15.0. The van der Waals surface area contributed by atoms with E-state index in [9.17, 15) is 9.90 Å². The second-order valence-corrected chi connectivity index (χ2v) is 6.19. The zero-order valence-corrected chi connectivity index (χ0v) is 13.2. The van der Waals surface area contributed by atoms with Crippen molar-refractivity contribution in [1.82, 2.24) is 15.1 Å². The molecular weight excluding hydrogens is 334 g/mol. The Balaban J connectivity index is 1.73. The maximum Gasteiger partial charge on any atom is 0.275 e. The van der Waals surface area contributed by atoms with Crippen LogP contribution in [0.25, 0.3) is 0 Å². The number of hydrogen-bond donors (Lipinski definition) is 2. The summed E-state index contributed by atoms with van der Waals surface area (Å²) in [5, 5.41) is 16.4. The minimum Gasteiger partial charge on any atom is -0.508 e. The van der Waals surface area contributed by atoms with Gasteiger partial charge in [-0.2, -0.15) is 5.10 Å². The van der Waals surface area contributed by atoms with Gasteiger partial charge < -0.3 is 10.0 Å². The van der Waals surface area contributed by atoms with Gasteiger partial charge in [-0.1, -0.05) is 12.1 Å². The number of aromatic nitrogens is 2. The summed E-state index contributed by atoms with van der Waals surface area (Å²) in [5.41, 5.74) is 2.41. The summed E-state index contributed by atoms with van der Waals surface area (Å²) in [4.78, 5) is 14.1. The number of nitrogens with zero attached hydrogens (tertiary/aromatic N) is 2. The molecule has 1 fully saturated rings. The van der Waals surface area contributed by atoms with E-state index >= 15 is 0 Å². The standard InChI is InChI=1S/C15H16BrN3O2/c1-19(8-9-2-6-11(20)7-3-9)15(21)14-12(16)13(17-18-14)10-4-5-10/h2-3,6-7,10,20H,4-5,8H2,1H3,(H,17,18). The van der Waals surface area contributed by atoms with Gasteiger partial charge in [0.1, 0.15) is 5.75 Å². The van der Waals surface area contributed by atoms with Crippen LogP contribution in [0.3, 0.4) is 0 Å². The van der Waals surface area contributed by atoms with Crippen LogP contribution in [-0.4, -0.2) is 33.2 Å². The van der Waals surface area contributed by atoms with Crippen molar-refractivity contribution in [2.45, 2.75) is 25.3 Å². The summed E-state index contributed by atoms with van der Waals surface area (Å²) in [5.74, 6) is 0.603. The van der Waals surface area contributed by atoms with Crippen LogP contribution in [-0.2, 0) is 6.54 Å². The van der Waals surface area contributed by atoms with Crippen LogP contribution >= 0.6 is 15.9 Å². The third-order valence-electron chi connectivity index (χ3n) is 3.62.